The lowest BCUT2D eigenvalue weighted by Crippen LogP contribution is -2.30. The van der Waals surface area contributed by atoms with Gasteiger partial charge in [-0.1, -0.05) is 24.6 Å². The van der Waals surface area contributed by atoms with Gasteiger partial charge in [0, 0.05) is 0 Å². The van der Waals surface area contributed by atoms with Crippen molar-refractivity contribution in [1.82, 2.24) is 5.06 Å². The largest absolute Gasteiger partial charge is 0.285 e. The molecule has 19 heavy (non-hydrogen) atoms. The van der Waals surface area contributed by atoms with Gasteiger partial charge in [0.1, 0.15) is 0 Å². The molecule has 0 spiro atoms. The predicted molar refractivity (Wildman–Crippen MR) is 71.6 cm³/mol. The van der Waals surface area contributed by atoms with Crippen LogP contribution in [-0.2, 0) is 4.84 Å². The summed E-state index contributed by atoms with van der Waals surface area (Å²) in [4.78, 5) is 29.2. The number of allylic oxidation sites excluding steroid dienone is 1. The summed E-state index contributed by atoms with van der Waals surface area (Å²) >= 11 is 0. The van der Waals surface area contributed by atoms with E-state index in [0.29, 0.717) is 17.7 Å². The SMILES string of the molecule is C=CCCCCCON1C(=O)c2ccccc2C1=O. The Kier molecular flexibility index (Phi) is 4.47. The molecule has 1 aliphatic heterocycles. The van der Waals surface area contributed by atoms with Gasteiger partial charge in [-0.25, -0.2) is 0 Å². The number of carbonyl (C=O) groups excluding carboxylic acids is 2. The monoisotopic (exact) mass is 259 g/mol. The van der Waals surface area contributed by atoms with Crippen LogP contribution in [0.25, 0.3) is 0 Å². The van der Waals surface area contributed by atoms with Crippen molar-refractivity contribution in [1.29, 1.82) is 0 Å². The average molecular weight is 259 g/mol. The molecule has 2 rings (SSSR count). The molecule has 1 aromatic rings. The molecule has 4 nitrogen and oxygen atoms in total. The molecule has 1 aliphatic rings. The molecule has 0 bridgehead atoms. The van der Waals surface area contributed by atoms with E-state index in [1.165, 1.54) is 0 Å². The first-order chi connectivity index (χ1) is 9.25. The highest BCUT2D eigenvalue weighted by Crippen LogP contribution is 2.22. The second-order valence-corrected chi connectivity index (χ2v) is 4.42. The molecule has 0 aliphatic carbocycles. The zero-order valence-corrected chi connectivity index (χ0v) is 10.8. The van der Waals surface area contributed by atoms with Crippen LogP contribution in [0.1, 0.15) is 46.4 Å². The third-order valence-electron chi connectivity index (χ3n) is 3.03. The lowest BCUT2D eigenvalue weighted by molar-refractivity contribution is -0.0922. The molecule has 0 N–H and O–H groups in total. The number of carbonyl (C=O) groups is 2. The maximum absolute atomic E-state index is 11.9. The fraction of sp³-hybridized carbons (Fsp3) is 0.333. The average Bonchev–Trinajstić information content (AvgIpc) is 2.68. The highest BCUT2D eigenvalue weighted by Gasteiger charge is 2.36. The van der Waals surface area contributed by atoms with E-state index in [0.717, 1.165) is 30.7 Å². The van der Waals surface area contributed by atoms with Crippen LogP contribution in [0.15, 0.2) is 36.9 Å². The number of benzene rings is 1. The van der Waals surface area contributed by atoms with Crippen LogP contribution >= 0.6 is 0 Å². The van der Waals surface area contributed by atoms with Gasteiger partial charge in [-0.2, -0.15) is 0 Å². The van der Waals surface area contributed by atoms with Gasteiger partial charge in [0.25, 0.3) is 11.8 Å². The first-order valence-electron chi connectivity index (χ1n) is 6.47. The Labute approximate surface area is 112 Å². The van der Waals surface area contributed by atoms with Gasteiger partial charge < -0.3 is 0 Å². The van der Waals surface area contributed by atoms with Crippen molar-refractivity contribution in [3.63, 3.8) is 0 Å². The Morgan fingerprint density at radius 1 is 1.05 bits per heavy atom. The highest BCUT2D eigenvalue weighted by molar-refractivity contribution is 6.20. The molecule has 0 unspecified atom stereocenters. The predicted octanol–water partition coefficient (Wildman–Crippen LogP) is 2.96. The number of nitrogens with zero attached hydrogens (tertiary/aromatic N) is 1. The molecule has 0 radical (unpaired) electrons. The second-order valence-electron chi connectivity index (χ2n) is 4.42. The summed E-state index contributed by atoms with van der Waals surface area (Å²) in [6.07, 6.45) is 5.73. The van der Waals surface area contributed by atoms with Gasteiger partial charge in [-0.15, -0.1) is 11.6 Å². The summed E-state index contributed by atoms with van der Waals surface area (Å²) < 4.78 is 0. The summed E-state index contributed by atoms with van der Waals surface area (Å²) in [6, 6.07) is 6.76. The van der Waals surface area contributed by atoms with Crippen molar-refractivity contribution in [2.45, 2.75) is 25.7 Å². The van der Waals surface area contributed by atoms with Gasteiger partial charge in [0.05, 0.1) is 17.7 Å². The number of hydroxylamine groups is 2. The van der Waals surface area contributed by atoms with Crippen molar-refractivity contribution in [3.8, 4) is 0 Å². The lowest BCUT2D eigenvalue weighted by Gasteiger charge is -2.12. The normalized spacial score (nSPS) is 13.8. The van der Waals surface area contributed by atoms with Gasteiger partial charge >= 0.3 is 0 Å². The molecule has 4 heteroatoms. The molecule has 0 aromatic heterocycles. The Bertz CT molecular complexity index is 461. The molecule has 2 amide bonds. The third kappa shape index (κ3) is 2.90. The number of hydrogen-bond acceptors (Lipinski definition) is 3. The summed E-state index contributed by atoms with van der Waals surface area (Å²) in [5.41, 5.74) is 0.832. The molecular formula is C15H17NO3. The van der Waals surface area contributed by atoms with Gasteiger partial charge in [0.2, 0.25) is 0 Å². The number of fused-ring (bicyclic) bond motifs is 1. The van der Waals surface area contributed by atoms with Crippen molar-refractivity contribution < 1.29 is 14.4 Å². The number of hydrogen-bond donors (Lipinski definition) is 0. The molecule has 100 valence electrons. The quantitative estimate of drug-likeness (QED) is 0.429. The van der Waals surface area contributed by atoms with Crippen LogP contribution < -0.4 is 0 Å². The van der Waals surface area contributed by atoms with Crippen LogP contribution in [0.2, 0.25) is 0 Å². The summed E-state index contributed by atoms with van der Waals surface area (Å²) in [5, 5.41) is 0.873. The van der Waals surface area contributed by atoms with Crippen molar-refractivity contribution in [2.75, 3.05) is 6.61 Å². The first kappa shape index (κ1) is 13.5. The zero-order chi connectivity index (χ0) is 13.7. The molecule has 1 heterocycles. The van der Waals surface area contributed by atoms with E-state index in [2.05, 4.69) is 6.58 Å². The van der Waals surface area contributed by atoms with E-state index < -0.39 is 0 Å². The van der Waals surface area contributed by atoms with Gasteiger partial charge in [-0.05, 0) is 31.4 Å². The van der Waals surface area contributed by atoms with Gasteiger partial charge in [0.15, 0.2) is 0 Å². The van der Waals surface area contributed by atoms with E-state index in [1.807, 2.05) is 6.08 Å². The fourth-order valence-electron chi connectivity index (χ4n) is 2.01. The minimum absolute atomic E-state index is 0.369. The van der Waals surface area contributed by atoms with Crippen LogP contribution in [0, 0.1) is 0 Å². The second kappa shape index (κ2) is 6.29. The van der Waals surface area contributed by atoms with E-state index in [4.69, 9.17) is 4.84 Å². The summed E-state index contributed by atoms with van der Waals surface area (Å²) in [6.45, 7) is 4.03. The Morgan fingerprint density at radius 3 is 2.26 bits per heavy atom. The minimum Gasteiger partial charge on any atom is -0.266 e. The summed E-state index contributed by atoms with van der Waals surface area (Å²) in [5.74, 6) is -0.738. The fourth-order valence-corrected chi connectivity index (χ4v) is 2.01. The van der Waals surface area contributed by atoms with Crippen molar-refractivity contribution in [2.24, 2.45) is 0 Å². The minimum atomic E-state index is -0.369. The molecule has 0 atom stereocenters. The molecule has 0 fully saturated rings. The Hall–Kier alpha value is -1.94. The maximum atomic E-state index is 11.9. The van der Waals surface area contributed by atoms with Crippen LogP contribution in [0.3, 0.4) is 0 Å². The summed E-state index contributed by atoms with van der Waals surface area (Å²) in [7, 11) is 0. The number of rotatable bonds is 7. The molecule has 0 saturated heterocycles. The van der Waals surface area contributed by atoms with Crippen LogP contribution in [0.4, 0.5) is 0 Å². The van der Waals surface area contributed by atoms with E-state index in [1.54, 1.807) is 24.3 Å². The molecule has 1 aromatic carbocycles. The van der Waals surface area contributed by atoms with E-state index >= 15 is 0 Å². The third-order valence-corrected chi connectivity index (χ3v) is 3.03. The van der Waals surface area contributed by atoms with Crippen LogP contribution in [-0.4, -0.2) is 23.5 Å². The number of imide groups is 1. The van der Waals surface area contributed by atoms with Crippen LogP contribution in [0.5, 0.6) is 0 Å². The topological polar surface area (TPSA) is 46.6 Å². The molecule has 0 saturated carbocycles. The zero-order valence-electron chi connectivity index (χ0n) is 10.8. The Balaban J connectivity index is 1.85. The highest BCUT2D eigenvalue weighted by atomic mass is 16.7. The van der Waals surface area contributed by atoms with Gasteiger partial charge in [-0.3, -0.25) is 14.4 Å². The molecular weight excluding hydrogens is 242 g/mol. The van der Waals surface area contributed by atoms with E-state index in [-0.39, 0.29) is 11.8 Å². The number of amides is 2. The smallest absolute Gasteiger partial charge is 0.266 e. The van der Waals surface area contributed by atoms with Crippen molar-refractivity contribution in [3.05, 3.63) is 48.0 Å². The Morgan fingerprint density at radius 2 is 1.68 bits per heavy atom. The number of unbranched alkanes of at least 4 members (excludes halogenated alkanes) is 3. The van der Waals surface area contributed by atoms with Crippen molar-refractivity contribution >= 4 is 11.8 Å². The lowest BCUT2D eigenvalue weighted by atomic mass is 10.1. The first-order valence-corrected chi connectivity index (χ1v) is 6.47. The maximum Gasteiger partial charge on any atom is 0.285 e. The van der Waals surface area contributed by atoms with E-state index in [9.17, 15) is 9.59 Å². The standard InChI is InChI=1S/C15H17NO3/c1-2-3-4-5-8-11-19-16-14(17)12-9-6-7-10-13(12)15(16)18/h2,6-7,9-10H,1,3-5,8,11H2.